The maximum absolute atomic E-state index is 13.2. The third-order valence-corrected chi connectivity index (χ3v) is 8.65. The number of nitrogens with zero attached hydrogens (tertiary/aromatic N) is 2. The second kappa shape index (κ2) is 11.8. The molecule has 8 nitrogen and oxygen atoms in total. The van der Waals surface area contributed by atoms with E-state index in [1.807, 2.05) is 0 Å². The molecule has 1 aliphatic rings. The quantitative estimate of drug-likeness (QED) is 0.402. The molecule has 0 bridgehead atoms. The number of sulfone groups is 1. The maximum atomic E-state index is 13.2. The molecule has 0 spiro atoms. The maximum Gasteiger partial charge on any atom is 0.389 e. The van der Waals surface area contributed by atoms with Crippen molar-refractivity contribution in [2.45, 2.75) is 82.6 Å². The fourth-order valence-electron chi connectivity index (χ4n) is 4.80. The minimum absolute atomic E-state index is 0.0237. The molecule has 0 saturated heterocycles. The van der Waals surface area contributed by atoms with E-state index in [0.717, 1.165) is 12.3 Å². The highest BCUT2D eigenvalue weighted by molar-refractivity contribution is 7.91. The number of aliphatic hydroxyl groups is 1. The first-order valence-corrected chi connectivity index (χ1v) is 14.4. The van der Waals surface area contributed by atoms with E-state index in [2.05, 4.69) is 15.2 Å². The Morgan fingerprint density at radius 3 is 2.46 bits per heavy atom. The van der Waals surface area contributed by atoms with Crippen LogP contribution in [-0.4, -0.2) is 65.7 Å². The number of aryl methyl sites for hydroxylation is 2. The molecule has 1 aromatic carbocycles. The molecule has 218 valence electrons. The zero-order chi connectivity index (χ0) is 29.2. The number of carbonyl (C=O) groups is 1. The molecular weight excluding hydrogens is 549 g/mol. The van der Waals surface area contributed by atoms with E-state index in [0.29, 0.717) is 5.56 Å². The largest absolute Gasteiger partial charge is 0.434 e. The van der Waals surface area contributed by atoms with Crippen molar-refractivity contribution in [3.05, 3.63) is 35.0 Å². The first kappa shape index (κ1) is 30.8. The first-order valence-electron chi connectivity index (χ1n) is 12.4. The summed E-state index contributed by atoms with van der Waals surface area (Å²) in [7, 11) is -3.23. The van der Waals surface area contributed by atoms with Gasteiger partial charge in [-0.25, -0.2) is 8.42 Å². The molecule has 0 atom stereocenters. The fraction of sp³-hybridized carbons (Fsp3) is 0.600. The highest BCUT2D eigenvalue weighted by Gasteiger charge is 2.37. The molecule has 0 aliphatic heterocycles. The summed E-state index contributed by atoms with van der Waals surface area (Å²) >= 11 is 0. The highest BCUT2D eigenvalue weighted by atomic mass is 32.2. The van der Waals surface area contributed by atoms with Crippen LogP contribution in [0.1, 0.15) is 60.6 Å². The Bertz CT molecular complexity index is 1290. The van der Waals surface area contributed by atoms with Gasteiger partial charge >= 0.3 is 12.8 Å². The van der Waals surface area contributed by atoms with Gasteiger partial charge in [-0.2, -0.15) is 27.1 Å². The Morgan fingerprint density at radius 1 is 1.28 bits per heavy atom. The first-order chi connectivity index (χ1) is 18.0. The Hall–Kier alpha value is -2.74. The molecule has 1 aliphatic carbocycles. The van der Waals surface area contributed by atoms with Gasteiger partial charge in [0.2, 0.25) is 0 Å². The molecule has 1 aromatic heterocycles. The lowest BCUT2D eigenvalue weighted by atomic mass is 9.84. The Morgan fingerprint density at radius 2 is 1.92 bits per heavy atom. The average molecular weight is 582 g/mol. The van der Waals surface area contributed by atoms with Crippen molar-refractivity contribution in [2.24, 2.45) is 0 Å². The van der Waals surface area contributed by atoms with Gasteiger partial charge in [0.25, 0.3) is 5.91 Å². The minimum atomic E-state index is -4.41. The SMILES string of the molecule is CCn1nc(C(=O)NCC2(O)CCC(S(C)(=O)=O)CC2)c(C)c1-c1ccc(CCC(F)(F)F)cc1OC(F)F. The number of benzene rings is 1. The standard InChI is InChI=1S/C25H32F5N3O5S/c1-4-33-21(18-6-5-16(7-12-25(28,29)30)13-19(18)38-23(26)27)15(2)20(32-33)22(34)31-14-24(35)10-8-17(9-11-24)39(3,36)37/h5-6,13,17,23,35H,4,7-12,14H2,1-3H3,(H,31,34). The summed E-state index contributed by atoms with van der Waals surface area (Å²) in [4.78, 5) is 13.0. The third kappa shape index (κ3) is 7.90. The molecule has 14 heteroatoms. The lowest BCUT2D eigenvalue weighted by Gasteiger charge is -2.35. The van der Waals surface area contributed by atoms with Gasteiger partial charge in [-0.15, -0.1) is 0 Å². The van der Waals surface area contributed by atoms with Gasteiger partial charge in [0, 0.05) is 36.9 Å². The normalized spacial score (nSPS) is 20.3. The topological polar surface area (TPSA) is 111 Å². The molecule has 1 saturated carbocycles. The molecule has 39 heavy (non-hydrogen) atoms. The van der Waals surface area contributed by atoms with Crippen molar-refractivity contribution in [1.82, 2.24) is 15.1 Å². The van der Waals surface area contributed by atoms with Gasteiger partial charge in [0.15, 0.2) is 5.69 Å². The van der Waals surface area contributed by atoms with E-state index in [4.69, 9.17) is 0 Å². The summed E-state index contributed by atoms with van der Waals surface area (Å²) in [6.45, 7) is 0.139. The van der Waals surface area contributed by atoms with Crippen molar-refractivity contribution >= 4 is 15.7 Å². The summed E-state index contributed by atoms with van der Waals surface area (Å²) in [6.07, 6.45) is -3.89. The lowest BCUT2D eigenvalue weighted by molar-refractivity contribution is -0.134. The van der Waals surface area contributed by atoms with Crippen LogP contribution in [0.2, 0.25) is 0 Å². The van der Waals surface area contributed by atoms with Gasteiger partial charge in [-0.1, -0.05) is 6.07 Å². The Labute approximate surface area is 223 Å². The fourth-order valence-corrected chi connectivity index (χ4v) is 5.89. The number of nitrogens with one attached hydrogen (secondary N) is 1. The molecule has 1 fully saturated rings. The van der Waals surface area contributed by atoms with Crippen LogP contribution in [0.25, 0.3) is 11.3 Å². The second-order valence-corrected chi connectivity index (χ2v) is 12.2. The van der Waals surface area contributed by atoms with Crippen LogP contribution in [0.4, 0.5) is 22.0 Å². The van der Waals surface area contributed by atoms with E-state index in [9.17, 15) is 40.3 Å². The molecule has 1 heterocycles. The molecule has 2 aromatic rings. The van der Waals surface area contributed by atoms with Crippen LogP contribution in [0.5, 0.6) is 5.75 Å². The van der Waals surface area contributed by atoms with Gasteiger partial charge < -0.3 is 15.2 Å². The lowest BCUT2D eigenvalue weighted by Crippen LogP contribution is -2.47. The van der Waals surface area contributed by atoms with Gasteiger partial charge in [-0.3, -0.25) is 9.48 Å². The Kier molecular flexibility index (Phi) is 9.31. The Balaban J connectivity index is 1.84. The average Bonchev–Trinajstić information content (AvgIpc) is 3.16. The van der Waals surface area contributed by atoms with Crippen molar-refractivity contribution in [3.63, 3.8) is 0 Å². The van der Waals surface area contributed by atoms with E-state index in [1.165, 1.54) is 16.8 Å². The van der Waals surface area contributed by atoms with E-state index >= 15 is 0 Å². The summed E-state index contributed by atoms with van der Waals surface area (Å²) in [5, 5.41) is 17.2. The third-order valence-electron chi connectivity index (χ3n) is 6.97. The zero-order valence-electron chi connectivity index (χ0n) is 21.8. The predicted octanol–water partition coefficient (Wildman–Crippen LogP) is 4.42. The van der Waals surface area contributed by atoms with Crippen LogP contribution in [0.15, 0.2) is 18.2 Å². The number of rotatable bonds is 10. The van der Waals surface area contributed by atoms with Crippen LogP contribution in [-0.2, 0) is 22.8 Å². The van der Waals surface area contributed by atoms with Crippen LogP contribution >= 0.6 is 0 Å². The van der Waals surface area contributed by atoms with E-state index in [-0.39, 0.29) is 67.0 Å². The second-order valence-electron chi connectivity index (χ2n) is 9.90. The minimum Gasteiger partial charge on any atom is -0.434 e. The number of amides is 1. The van der Waals surface area contributed by atoms with Crippen molar-refractivity contribution < 1.29 is 45.0 Å². The van der Waals surface area contributed by atoms with Crippen molar-refractivity contribution in [3.8, 4) is 17.0 Å². The smallest absolute Gasteiger partial charge is 0.389 e. The number of hydrogen-bond acceptors (Lipinski definition) is 6. The van der Waals surface area contributed by atoms with Gasteiger partial charge in [0.1, 0.15) is 15.6 Å². The van der Waals surface area contributed by atoms with Gasteiger partial charge in [-0.05, 0) is 63.6 Å². The summed E-state index contributed by atoms with van der Waals surface area (Å²) in [5.74, 6) is -0.969. The molecule has 0 unspecified atom stereocenters. The summed E-state index contributed by atoms with van der Waals surface area (Å²) < 4.78 is 94.0. The van der Waals surface area contributed by atoms with E-state index in [1.54, 1.807) is 13.8 Å². The molecule has 3 rings (SSSR count). The van der Waals surface area contributed by atoms with Crippen molar-refractivity contribution in [2.75, 3.05) is 12.8 Å². The number of hydrogen-bond donors (Lipinski definition) is 2. The molecule has 0 radical (unpaired) electrons. The van der Waals surface area contributed by atoms with Gasteiger partial charge in [0.05, 0.1) is 16.5 Å². The van der Waals surface area contributed by atoms with Crippen LogP contribution in [0.3, 0.4) is 0 Å². The van der Waals surface area contributed by atoms with Crippen molar-refractivity contribution in [1.29, 1.82) is 0 Å². The molecular formula is C25H32F5N3O5S. The zero-order valence-corrected chi connectivity index (χ0v) is 22.6. The summed E-state index contributed by atoms with van der Waals surface area (Å²) in [6, 6.07) is 3.87. The van der Waals surface area contributed by atoms with Crippen LogP contribution < -0.4 is 10.1 Å². The number of aromatic nitrogens is 2. The molecule has 2 N–H and O–H groups in total. The highest BCUT2D eigenvalue weighted by Crippen LogP contribution is 2.37. The number of halogens is 5. The predicted molar refractivity (Wildman–Crippen MR) is 133 cm³/mol. The van der Waals surface area contributed by atoms with E-state index < -0.39 is 52.2 Å². The van der Waals surface area contributed by atoms with Crippen LogP contribution in [0, 0.1) is 6.92 Å². The monoisotopic (exact) mass is 581 g/mol. The summed E-state index contributed by atoms with van der Waals surface area (Å²) in [5.41, 5.74) is -0.411. The number of carbonyl (C=O) groups excluding carboxylic acids is 1. The molecule has 1 amide bonds. The number of alkyl halides is 5. The number of ether oxygens (including phenoxy) is 1.